The van der Waals surface area contributed by atoms with Crippen molar-refractivity contribution in [2.75, 3.05) is 6.54 Å². The molecule has 1 aromatic rings. The molecule has 5 nitrogen and oxygen atoms in total. The molecule has 1 saturated carbocycles. The molecule has 108 valence electrons. The molecule has 0 aliphatic heterocycles. The van der Waals surface area contributed by atoms with E-state index < -0.39 is 28.9 Å². The van der Waals surface area contributed by atoms with Crippen molar-refractivity contribution in [3.05, 3.63) is 29.6 Å². The molecular weight excluding hydrogens is 265 g/mol. The van der Waals surface area contributed by atoms with Gasteiger partial charge in [-0.1, -0.05) is 6.42 Å². The molecule has 20 heavy (non-hydrogen) atoms. The lowest BCUT2D eigenvalue weighted by atomic mass is 9.66. The zero-order valence-corrected chi connectivity index (χ0v) is 10.9. The Morgan fingerprint density at radius 3 is 2.55 bits per heavy atom. The largest absolute Gasteiger partial charge is 0.507 e. The minimum Gasteiger partial charge on any atom is -0.507 e. The van der Waals surface area contributed by atoms with Crippen LogP contribution in [0, 0.1) is 11.2 Å². The van der Waals surface area contributed by atoms with E-state index in [4.69, 9.17) is 5.11 Å². The molecule has 0 saturated heterocycles. The Hall–Kier alpha value is -2.11. The molecule has 0 heterocycles. The summed E-state index contributed by atoms with van der Waals surface area (Å²) in [6.07, 6.45) is 2.48. The van der Waals surface area contributed by atoms with E-state index in [0.717, 1.165) is 31.4 Å². The number of benzene rings is 1. The third kappa shape index (κ3) is 3.07. The summed E-state index contributed by atoms with van der Waals surface area (Å²) in [5.74, 6) is -2.47. The fourth-order valence-corrected chi connectivity index (χ4v) is 2.47. The first-order chi connectivity index (χ1) is 9.42. The van der Waals surface area contributed by atoms with Crippen LogP contribution in [0.1, 0.15) is 36.0 Å². The maximum atomic E-state index is 12.8. The van der Waals surface area contributed by atoms with Crippen LogP contribution in [0.15, 0.2) is 18.2 Å². The van der Waals surface area contributed by atoms with E-state index in [1.807, 2.05) is 0 Å². The van der Waals surface area contributed by atoms with Crippen LogP contribution < -0.4 is 5.32 Å². The summed E-state index contributed by atoms with van der Waals surface area (Å²) < 4.78 is 12.8. The van der Waals surface area contributed by atoms with E-state index in [0.29, 0.717) is 0 Å². The monoisotopic (exact) mass is 281 g/mol. The van der Waals surface area contributed by atoms with Gasteiger partial charge in [0, 0.05) is 12.6 Å². The molecule has 0 atom stereocenters. The van der Waals surface area contributed by atoms with E-state index >= 15 is 0 Å². The number of phenolic OH excluding ortho intramolecular Hbond substituents is 1. The lowest BCUT2D eigenvalue weighted by Gasteiger charge is -2.40. The van der Waals surface area contributed by atoms with Gasteiger partial charge < -0.3 is 15.5 Å². The summed E-state index contributed by atoms with van der Waals surface area (Å²) in [4.78, 5) is 22.7. The van der Waals surface area contributed by atoms with Crippen molar-refractivity contribution < 1.29 is 24.2 Å². The Morgan fingerprint density at radius 1 is 1.35 bits per heavy atom. The van der Waals surface area contributed by atoms with E-state index in [-0.39, 0.29) is 18.5 Å². The number of carboxylic acids is 1. The third-order valence-corrected chi connectivity index (χ3v) is 3.77. The number of phenols is 1. The number of aromatic hydroxyl groups is 1. The summed E-state index contributed by atoms with van der Waals surface area (Å²) in [5.41, 5.74) is -0.409. The minimum atomic E-state index is -0.886. The van der Waals surface area contributed by atoms with Gasteiger partial charge in [-0.15, -0.1) is 0 Å². The van der Waals surface area contributed by atoms with Crippen molar-refractivity contribution in [2.24, 2.45) is 5.41 Å². The SMILES string of the molecule is O=C(O)CC1(CNC(=O)c2ccc(F)cc2O)CCC1. The molecule has 1 amide bonds. The molecule has 2 rings (SSSR count). The fourth-order valence-electron chi connectivity index (χ4n) is 2.47. The average Bonchev–Trinajstić information content (AvgIpc) is 2.31. The summed E-state index contributed by atoms with van der Waals surface area (Å²) in [6, 6.07) is 3.15. The van der Waals surface area contributed by atoms with Crippen LogP contribution in [0.25, 0.3) is 0 Å². The Bertz CT molecular complexity index is 540. The average molecular weight is 281 g/mol. The fraction of sp³-hybridized carbons (Fsp3) is 0.429. The van der Waals surface area contributed by atoms with Crippen LogP contribution in [0.3, 0.4) is 0 Å². The zero-order chi connectivity index (χ0) is 14.8. The molecular formula is C14H16FNO4. The smallest absolute Gasteiger partial charge is 0.303 e. The van der Waals surface area contributed by atoms with Gasteiger partial charge in [0.1, 0.15) is 11.6 Å². The highest BCUT2D eigenvalue weighted by atomic mass is 19.1. The maximum Gasteiger partial charge on any atom is 0.303 e. The molecule has 6 heteroatoms. The molecule has 0 spiro atoms. The van der Waals surface area contributed by atoms with E-state index in [1.54, 1.807) is 0 Å². The highest BCUT2D eigenvalue weighted by molar-refractivity contribution is 5.96. The molecule has 1 aliphatic carbocycles. The molecule has 0 unspecified atom stereocenters. The second-order valence-electron chi connectivity index (χ2n) is 5.27. The first-order valence-electron chi connectivity index (χ1n) is 6.40. The van der Waals surface area contributed by atoms with Crippen LogP contribution in [0.5, 0.6) is 5.75 Å². The molecule has 0 bridgehead atoms. The van der Waals surface area contributed by atoms with E-state index in [1.165, 1.54) is 6.07 Å². The van der Waals surface area contributed by atoms with Crippen LogP contribution in [0.2, 0.25) is 0 Å². The van der Waals surface area contributed by atoms with Crippen molar-refractivity contribution >= 4 is 11.9 Å². The van der Waals surface area contributed by atoms with Gasteiger partial charge in [-0.3, -0.25) is 9.59 Å². The number of carbonyl (C=O) groups is 2. The van der Waals surface area contributed by atoms with Crippen molar-refractivity contribution in [3.63, 3.8) is 0 Å². The van der Waals surface area contributed by atoms with Crippen LogP contribution in [-0.4, -0.2) is 28.6 Å². The van der Waals surface area contributed by atoms with Crippen LogP contribution in [-0.2, 0) is 4.79 Å². The van der Waals surface area contributed by atoms with Crippen molar-refractivity contribution in [2.45, 2.75) is 25.7 Å². The van der Waals surface area contributed by atoms with Gasteiger partial charge in [0.05, 0.1) is 12.0 Å². The molecule has 1 aromatic carbocycles. The normalized spacial score (nSPS) is 16.2. The number of rotatable bonds is 5. The standard InChI is InChI=1S/C14H16FNO4/c15-9-2-3-10(11(17)6-9)13(20)16-8-14(4-1-5-14)7-12(18)19/h2-3,6,17H,1,4-5,7-8H2,(H,16,20)(H,18,19). The lowest BCUT2D eigenvalue weighted by molar-refractivity contribution is -0.141. The first kappa shape index (κ1) is 14.3. The van der Waals surface area contributed by atoms with E-state index in [9.17, 15) is 19.1 Å². The Balaban J connectivity index is 1.99. The number of carbonyl (C=O) groups excluding carboxylic acids is 1. The number of amides is 1. The van der Waals surface area contributed by atoms with Crippen molar-refractivity contribution in [1.82, 2.24) is 5.32 Å². The maximum absolute atomic E-state index is 12.8. The Kier molecular flexibility index (Phi) is 3.92. The van der Waals surface area contributed by atoms with Gasteiger partial charge in [-0.2, -0.15) is 0 Å². The summed E-state index contributed by atoms with van der Waals surface area (Å²) in [6.45, 7) is 0.245. The van der Waals surface area contributed by atoms with Gasteiger partial charge in [-0.05, 0) is 30.4 Å². The van der Waals surface area contributed by atoms with Gasteiger partial charge in [0.2, 0.25) is 0 Å². The van der Waals surface area contributed by atoms with Gasteiger partial charge in [0.15, 0.2) is 0 Å². The number of halogens is 1. The second-order valence-corrected chi connectivity index (χ2v) is 5.27. The number of aliphatic carboxylic acids is 1. The van der Waals surface area contributed by atoms with Crippen LogP contribution in [0.4, 0.5) is 4.39 Å². The van der Waals surface area contributed by atoms with Gasteiger partial charge in [-0.25, -0.2) is 4.39 Å². The van der Waals surface area contributed by atoms with Crippen molar-refractivity contribution in [1.29, 1.82) is 0 Å². The highest BCUT2D eigenvalue weighted by Gasteiger charge is 2.39. The number of hydrogen-bond donors (Lipinski definition) is 3. The van der Waals surface area contributed by atoms with Gasteiger partial charge >= 0.3 is 5.97 Å². The minimum absolute atomic E-state index is 0.0165. The molecule has 0 aromatic heterocycles. The van der Waals surface area contributed by atoms with Gasteiger partial charge in [0.25, 0.3) is 5.91 Å². The third-order valence-electron chi connectivity index (χ3n) is 3.77. The number of nitrogens with one attached hydrogen (secondary N) is 1. The topological polar surface area (TPSA) is 86.6 Å². The number of hydrogen-bond acceptors (Lipinski definition) is 3. The molecule has 1 aliphatic rings. The van der Waals surface area contributed by atoms with E-state index in [2.05, 4.69) is 5.32 Å². The second kappa shape index (κ2) is 5.48. The molecule has 3 N–H and O–H groups in total. The predicted molar refractivity (Wildman–Crippen MR) is 68.9 cm³/mol. The summed E-state index contributed by atoms with van der Waals surface area (Å²) >= 11 is 0. The molecule has 0 radical (unpaired) electrons. The first-order valence-corrected chi connectivity index (χ1v) is 6.40. The number of carboxylic acid groups (broad SMARTS) is 1. The summed E-state index contributed by atoms with van der Waals surface area (Å²) in [5, 5.41) is 21.0. The van der Waals surface area contributed by atoms with Crippen molar-refractivity contribution in [3.8, 4) is 5.75 Å². The quantitative estimate of drug-likeness (QED) is 0.769. The predicted octanol–water partition coefficient (Wildman–Crippen LogP) is 1.91. The highest BCUT2D eigenvalue weighted by Crippen LogP contribution is 2.43. The Labute approximate surface area is 115 Å². The molecule has 1 fully saturated rings. The Morgan fingerprint density at radius 2 is 2.05 bits per heavy atom. The zero-order valence-electron chi connectivity index (χ0n) is 10.9. The summed E-state index contributed by atoms with van der Waals surface area (Å²) in [7, 11) is 0. The van der Waals surface area contributed by atoms with Crippen LogP contribution >= 0.6 is 0 Å². The lowest BCUT2D eigenvalue weighted by Crippen LogP contribution is -2.43.